The highest BCUT2D eigenvalue weighted by atomic mass is 32.2. The van der Waals surface area contributed by atoms with Gasteiger partial charge < -0.3 is 4.98 Å². The van der Waals surface area contributed by atoms with Gasteiger partial charge in [0.2, 0.25) is 0 Å². The molecular weight excluding hydrogens is 342 g/mol. The molecule has 0 bridgehead atoms. The van der Waals surface area contributed by atoms with Gasteiger partial charge in [-0.1, -0.05) is 0 Å². The van der Waals surface area contributed by atoms with Gasteiger partial charge in [-0.3, -0.25) is 4.79 Å². The van der Waals surface area contributed by atoms with Crippen molar-refractivity contribution in [2.45, 2.75) is 5.92 Å². The average molecular weight is 352 g/mol. The van der Waals surface area contributed by atoms with Crippen molar-refractivity contribution in [3.05, 3.63) is 52.2 Å². The van der Waals surface area contributed by atoms with Crippen molar-refractivity contribution in [3.63, 3.8) is 0 Å². The molecular formula is C14H10F2N4O3S. The number of halogens is 2. The fourth-order valence-electron chi connectivity index (χ4n) is 2.68. The third kappa shape index (κ3) is 2.30. The lowest BCUT2D eigenvalue weighted by molar-refractivity contribution is 0.558. The first-order valence-electron chi connectivity index (χ1n) is 6.98. The van der Waals surface area contributed by atoms with Crippen molar-refractivity contribution in [1.82, 2.24) is 19.7 Å². The van der Waals surface area contributed by atoms with Gasteiger partial charge in [-0.05, 0) is 12.1 Å². The minimum Gasteiger partial charge on any atom is -0.310 e. The van der Waals surface area contributed by atoms with Crippen LogP contribution in [0.3, 0.4) is 0 Å². The lowest BCUT2D eigenvalue weighted by Gasteiger charge is -2.24. The first-order valence-corrected chi connectivity index (χ1v) is 8.80. The van der Waals surface area contributed by atoms with E-state index >= 15 is 0 Å². The molecule has 1 saturated heterocycles. The molecule has 1 fully saturated rings. The van der Waals surface area contributed by atoms with Gasteiger partial charge in [-0.25, -0.2) is 26.9 Å². The number of nitrogens with one attached hydrogen (secondary N) is 1. The van der Waals surface area contributed by atoms with Crippen molar-refractivity contribution in [2.24, 2.45) is 0 Å². The van der Waals surface area contributed by atoms with Crippen LogP contribution in [0, 0.1) is 11.6 Å². The molecule has 0 aliphatic carbocycles. The molecule has 24 heavy (non-hydrogen) atoms. The topological polar surface area (TPSA) is 97.7 Å². The van der Waals surface area contributed by atoms with E-state index in [1.54, 1.807) is 0 Å². The molecule has 0 unspecified atom stereocenters. The van der Waals surface area contributed by atoms with Crippen LogP contribution in [0.5, 0.6) is 0 Å². The van der Waals surface area contributed by atoms with Crippen molar-refractivity contribution in [2.75, 3.05) is 11.5 Å². The molecule has 0 atom stereocenters. The Morgan fingerprint density at radius 3 is 2.67 bits per heavy atom. The monoisotopic (exact) mass is 352 g/mol. The number of aromatic amines is 1. The van der Waals surface area contributed by atoms with E-state index in [4.69, 9.17) is 0 Å². The Kier molecular flexibility index (Phi) is 3.07. The van der Waals surface area contributed by atoms with Gasteiger partial charge >= 0.3 is 0 Å². The molecule has 10 heteroatoms. The molecule has 1 aliphatic heterocycles. The van der Waals surface area contributed by atoms with Crippen molar-refractivity contribution in [1.29, 1.82) is 0 Å². The standard InChI is InChI=1S/C14H10F2N4O3S/c15-8-1-2-11(10(16)3-8)20-13-9(4-17-20)14(21)19-12(18-13)7-5-24(22,23)6-7/h1-4,7H,5-6H2,(H,18,19,21). The van der Waals surface area contributed by atoms with E-state index in [0.29, 0.717) is 6.07 Å². The third-order valence-electron chi connectivity index (χ3n) is 3.89. The van der Waals surface area contributed by atoms with E-state index in [2.05, 4.69) is 15.1 Å². The quantitative estimate of drug-likeness (QED) is 0.739. The molecule has 124 valence electrons. The molecule has 3 aromatic rings. The highest BCUT2D eigenvalue weighted by molar-refractivity contribution is 7.92. The van der Waals surface area contributed by atoms with Crippen LogP contribution in [-0.4, -0.2) is 39.7 Å². The summed E-state index contributed by atoms with van der Waals surface area (Å²) in [6.45, 7) is 0. The molecule has 2 aromatic heterocycles. The lowest BCUT2D eigenvalue weighted by atomic mass is 10.2. The summed E-state index contributed by atoms with van der Waals surface area (Å²) in [6, 6.07) is 2.96. The zero-order valence-corrected chi connectivity index (χ0v) is 12.8. The second-order valence-electron chi connectivity index (χ2n) is 5.61. The Labute approximate surface area is 133 Å². The van der Waals surface area contributed by atoms with Gasteiger partial charge in [0.05, 0.1) is 17.7 Å². The van der Waals surface area contributed by atoms with E-state index in [1.807, 2.05) is 0 Å². The lowest BCUT2D eigenvalue weighted by Crippen LogP contribution is -2.36. The highest BCUT2D eigenvalue weighted by Crippen LogP contribution is 2.27. The summed E-state index contributed by atoms with van der Waals surface area (Å²) in [5.41, 5.74) is -0.465. The summed E-state index contributed by atoms with van der Waals surface area (Å²) >= 11 is 0. The van der Waals surface area contributed by atoms with Crippen LogP contribution in [0.1, 0.15) is 11.7 Å². The minimum absolute atomic E-state index is 0.0586. The van der Waals surface area contributed by atoms with Crippen LogP contribution in [0.15, 0.2) is 29.2 Å². The van der Waals surface area contributed by atoms with Crippen LogP contribution in [0.4, 0.5) is 8.78 Å². The number of hydrogen-bond acceptors (Lipinski definition) is 5. The van der Waals surface area contributed by atoms with E-state index in [-0.39, 0.29) is 34.1 Å². The summed E-state index contributed by atoms with van der Waals surface area (Å²) in [5.74, 6) is -1.98. The zero-order valence-electron chi connectivity index (χ0n) is 12.0. The van der Waals surface area contributed by atoms with E-state index in [0.717, 1.165) is 10.7 Å². The predicted molar refractivity (Wildman–Crippen MR) is 80.8 cm³/mol. The molecule has 3 heterocycles. The van der Waals surface area contributed by atoms with Crippen molar-refractivity contribution >= 4 is 20.9 Å². The van der Waals surface area contributed by atoms with Gasteiger partial charge in [0.25, 0.3) is 5.56 Å². The van der Waals surface area contributed by atoms with Gasteiger partial charge in [-0.15, -0.1) is 0 Å². The molecule has 0 saturated carbocycles. The number of benzene rings is 1. The van der Waals surface area contributed by atoms with Crippen LogP contribution in [0.25, 0.3) is 16.7 Å². The smallest absolute Gasteiger partial charge is 0.262 e. The van der Waals surface area contributed by atoms with Crippen LogP contribution in [-0.2, 0) is 9.84 Å². The molecule has 0 amide bonds. The summed E-state index contributed by atoms with van der Waals surface area (Å²) in [4.78, 5) is 18.9. The number of hydrogen-bond donors (Lipinski definition) is 1. The minimum atomic E-state index is -3.09. The molecule has 0 spiro atoms. The highest BCUT2D eigenvalue weighted by Gasteiger charge is 2.36. The normalized spacial score (nSPS) is 17.1. The average Bonchev–Trinajstić information content (AvgIpc) is 2.89. The summed E-state index contributed by atoms with van der Waals surface area (Å²) in [6.07, 6.45) is 1.23. The first kappa shape index (κ1) is 14.9. The Balaban J connectivity index is 1.89. The van der Waals surface area contributed by atoms with Crippen molar-refractivity contribution < 1.29 is 17.2 Å². The van der Waals surface area contributed by atoms with Crippen molar-refractivity contribution in [3.8, 4) is 5.69 Å². The Morgan fingerprint density at radius 1 is 1.25 bits per heavy atom. The summed E-state index contributed by atoms with van der Waals surface area (Å²) < 4.78 is 50.8. The second kappa shape index (κ2) is 4.94. The fourth-order valence-corrected chi connectivity index (χ4v) is 4.12. The Morgan fingerprint density at radius 2 is 2.00 bits per heavy atom. The molecule has 1 aliphatic rings. The maximum absolute atomic E-state index is 14.0. The SMILES string of the molecule is O=c1[nH]c(C2CS(=O)(=O)C2)nc2c1cnn2-c1ccc(F)cc1F. The number of fused-ring (bicyclic) bond motifs is 1. The molecule has 1 N–H and O–H groups in total. The van der Waals surface area contributed by atoms with E-state index < -0.39 is 32.9 Å². The van der Waals surface area contributed by atoms with E-state index in [9.17, 15) is 22.0 Å². The maximum Gasteiger partial charge on any atom is 0.262 e. The third-order valence-corrected chi connectivity index (χ3v) is 5.71. The fraction of sp³-hybridized carbons (Fsp3) is 0.214. The largest absolute Gasteiger partial charge is 0.310 e. The number of aromatic nitrogens is 4. The summed E-state index contributed by atoms with van der Waals surface area (Å²) in [7, 11) is -3.09. The Bertz CT molecular complexity index is 1120. The number of sulfone groups is 1. The maximum atomic E-state index is 14.0. The summed E-state index contributed by atoms with van der Waals surface area (Å²) in [5, 5.41) is 4.07. The molecule has 0 radical (unpaired) electrons. The van der Waals surface area contributed by atoms with Crippen LogP contribution in [0.2, 0.25) is 0 Å². The number of rotatable bonds is 2. The molecule has 1 aromatic carbocycles. The van der Waals surface area contributed by atoms with Crippen LogP contribution < -0.4 is 5.56 Å². The van der Waals surface area contributed by atoms with E-state index in [1.165, 1.54) is 12.3 Å². The van der Waals surface area contributed by atoms with Gasteiger partial charge in [0.1, 0.15) is 22.7 Å². The first-order chi connectivity index (χ1) is 11.3. The molecule has 4 rings (SSSR count). The number of nitrogens with zero attached hydrogens (tertiary/aromatic N) is 3. The van der Waals surface area contributed by atoms with Gasteiger partial charge in [0.15, 0.2) is 21.3 Å². The van der Waals surface area contributed by atoms with Crippen LogP contribution >= 0.6 is 0 Å². The van der Waals surface area contributed by atoms with Gasteiger partial charge in [0, 0.05) is 12.0 Å². The predicted octanol–water partition coefficient (Wildman–Crippen LogP) is 0.899. The Hall–Kier alpha value is -2.62. The molecule has 7 nitrogen and oxygen atoms in total. The van der Waals surface area contributed by atoms with Gasteiger partial charge in [-0.2, -0.15) is 5.10 Å². The number of H-pyrrole nitrogens is 1. The second-order valence-corrected chi connectivity index (χ2v) is 7.77. The zero-order chi connectivity index (χ0) is 17.1.